The number of carbonyl (C=O) groups is 1. The Kier molecular flexibility index (Phi) is 9.79. The predicted molar refractivity (Wildman–Crippen MR) is 172 cm³/mol. The molecule has 0 unspecified atom stereocenters. The Morgan fingerprint density at radius 3 is 2.51 bits per heavy atom. The van der Waals surface area contributed by atoms with Crippen LogP contribution in [0.1, 0.15) is 36.6 Å². The third kappa shape index (κ3) is 6.84. The highest BCUT2D eigenvalue weighted by Gasteiger charge is 2.31. The maximum atomic E-state index is 13.9. The van der Waals surface area contributed by atoms with Crippen LogP contribution in [-0.4, -0.2) is 35.8 Å². The normalized spacial score (nSPS) is 14.2. The van der Waals surface area contributed by atoms with Crippen molar-refractivity contribution in [1.29, 1.82) is 0 Å². The van der Waals surface area contributed by atoms with E-state index in [4.69, 9.17) is 18.9 Å². The summed E-state index contributed by atoms with van der Waals surface area (Å²) in [5, 5.41) is 11.1. The number of halogens is 1. The van der Waals surface area contributed by atoms with Crippen molar-refractivity contribution < 1.29 is 28.7 Å². The molecule has 0 amide bonds. The number of rotatable bonds is 11. The molecule has 0 saturated carbocycles. The molecule has 1 atom stereocenters. The first kappa shape index (κ1) is 31.7. The van der Waals surface area contributed by atoms with Gasteiger partial charge in [-0.3, -0.25) is 19.5 Å². The van der Waals surface area contributed by atoms with E-state index in [1.54, 1.807) is 54.6 Å². The fourth-order valence-corrected chi connectivity index (χ4v) is 6.26. The summed E-state index contributed by atoms with van der Waals surface area (Å²) in [6, 6.07) is 16.1. The number of carbonyl (C=O) groups excluding carboxylic acids is 1. The summed E-state index contributed by atoms with van der Waals surface area (Å²) in [6.07, 6.45) is 3.17. The number of thiazole rings is 1. The lowest BCUT2D eigenvalue weighted by Crippen LogP contribution is -2.39. The molecule has 0 saturated heterocycles. The lowest BCUT2D eigenvalue weighted by Gasteiger charge is -2.23. The van der Waals surface area contributed by atoms with E-state index in [1.165, 1.54) is 41.3 Å². The first-order valence-electron chi connectivity index (χ1n) is 13.9. The number of hydrogen-bond acceptors (Lipinski definition) is 10. The molecule has 1 aromatic heterocycles. The molecule has 4 aromatic rings. The van der Waals surface area contributed by atoms with Gasteiger partial charge in [-0.05, 0) is 76.8 Å². The summed E-state index contributed by atoms with van der Waals surface area (Å²) in [5.41, 5.74) is 1.88. The Hall–Kier alpha value is -4.75. The zero-order valence-electron chi connectivity index (χ0n) is 24.5. The molecule has 0 fully saturated rings. The van der Waals surface area contributed by atoms with Crippen LogP contribution in [0.15, 0.2) is 86.7 Å². The van der Waals surface area contributed by atoms with Crippen LogP contribution in [0.5, 0.6) is 17.2 Å². The average Bonchev–Trinajstić information content (AvgIpc) is 3.35. The first-order chi connectivity index (χ1) is 21.7. The van der Waals surface area contributed by atoms with Gasteiger partial charge in [-0.2, -0.15) is 0 Å². The minimum absolute atomic E-state index is 0.00909. The number of esters is 1. The van der Waals surface area contributed by atoms with E-state index >= 15 is 0 Å². The summed E-state index contributed by atoms with van der Waals surface area (Å²) < 4.78 is 25.0. The van der Waals surface area contributed by atoms with Gasteiger partial charge in [0.15, 0.2) is 16.3 Å². The maximum absolute atomic E-state index is 13.9. The van der Waals surface area contributed by atoms with Crippen LogP contribution in [0.4, 0.5) is 5.69 Å². The molecule has 11 nitrogen and oxygen atoms in total. The zero-order chi connectivity index (χ0) is 32.1. The largest absolute Gasteiger partial charge is 0.490 e. The second-order valence-electron chi connectivity index (χ2n) is 9.65. The molecule has 1 aliphatic heterocycles. The summed E-state index contributed by atoms with van der Waals surface area (Å²) in [5.74, 6) is 0.984. The molecule has 232 valence electrons. The second kappa shape index (κ2) is 13.9. The standard InChI is InChI=1S/C32H28BrN3O8S/c1-4-42-26-12-10-21(16-27(26)43-5-2)29-23(31(38)41-3)17-34-32-35(29)30(37)28(45-32)15-19-9-11-25(24(33)14-19)44-18-20-7-6-8-22(13-20)36(39)40/h6-17,29H,4-5,18H2,1-3H3/b28-15-/t29-/m0/s1. The van der Waals surface area contributed by atoms with Gasteiger partial charge in [0, 0.05) is 18.3 Å². The van der Waals surface area contributed by atoms with Crippen molar-refractivity contribution >= 4 is 45.0 Å². The Bertz CT molecular complexity index is 1980. The lowest BCUT2D eigenvalue weighted by atomic mass is 9.97. The molecule has 13 heteroatoms. The summed E-state index contributed by atoms with van der Waals surface area (Å²) in [4.78, 5) is 42.2. The predicted octanol–water partition coefficient (Wildman–Crippen LogP) is 5.07. The van der Waals surface area contributed by atoms with Crippen molar-refractivity contribution in [1.82, 2.24) is 4.57 Å². The van der Waals surface area contributed by atoms with Gasteiger partial charge in [0.25, 0.3) is 11.2 Å². The number of hydrogen-bond donors (Lipinski definition) is 0. The molecule has 0 aliphatic carbocycles. The number of aromatic nitrogens is 1. The van der Waals surface area contributed by atoms with Crippen molar-refractivity contribution in [3.8, 4) is 17.2 Å². The number of non-ortho nitro benzene ring substituents is 1. The van der Waals surface area contributed by atoms with Crippen LogP contribution < -0.4 is 29.1 Å². The van der Waals surface area contributed by atoms with Gasteiger partial charge in [0.1, 0.15) is 12.4 Å². The van der Waals surface area contributed by atoms with Crippen molar-refractivity contribution in [2.24, 2.45) is 4.99 Å². The second-order valence-corrected chi connectivity index (χ2v) is 11.5. The molecule has 2 heterocycles. The Labute approximate surface area is 269 Å². The monoisotopic (exact) mass is 693 g/mol. The van der Waals surface area contributed by atoms with Gasteiger partial charge in [0.2, 0.25) is 0 Å². The van der Waals surface area contributed by atoms with Gasteiger partial charge in [-0.15, -0.1) is 0 Å². The summed E-state index contributed by atoms with van der Waals surface area (Å²) in [6.45, 7) is 4.72. The van der Waals surface area contributed by atoms with Gasteiger partial charge < -0.3 is 18.9 Å². The van der Waals surface area contributed by atoms with Gasteiger partial charge >= 0.3 is 5.97 Å². The van der Waals surface area contributed by atoms with Crippen LogP contribution in [0, 0.1) is 10.1 Å². The number of fused-ring (bicyclic) bond motifs is 1. The van der Waals surface area contributed by atoms with Crippen molar-refractivity contribution in [3.05, 3.63) is 123 Å². The molecule has 3 aromatic carbocycles. The highest BCUT2D eigenvalue weighted by atomic mass is 79.9. The highest BCUT2D eigenvalue weighted by Crippen LogP contribution is 2.35. The van der Waals surface area contributed by atoms with Crippen LogP contribution in [0.25, 0.3) is 6.08 Å². The summed E-state index contributed by atoms with van der Waals surface area (Å²) in [7, 11) is 1.28. The molecular formula is C32H28BrN3O8S. The van der Waals surface area contributed by atoms with E-state index in [0.717, 1.165) is 5.56 Å². The molecule has 45 heavy (non-hydrogen) atoms. The SMILES string of the molecule is CCOc1ccc([C@H]2C(C(=O)OC)=CN=c3s/c(=C\c4ccc(OCc5cccc([N+](=O)[O-])c5)c(Br)c4)c(=O)n32)cc1OCC. The maximum Gasteiger partial charge on any atom is 0.337 e. The molecule has 0 spiro atoms. The minimum atomic E-state index is -0.804. The van der Waals surface area contributed by atoms with E-state index in [0.29, 0.717) is 55.4 Å². The van der Waals surface area contributed by atoms with E-state index in [2.05, 4.69) is 20.9 Å². The molecule has 0 N–H and O–H groups in total. The quantitative estimate of drug-likeness (QED) is 0.121. The van der Waals surface area contributed by atoms with Crippen LogP contribution in [0.2, 0.25) is 0 Å². The Morgan fingerprint density at radius 2 is 1.80 bits per heavy atom. The average molecular weight is 695 g/mol. The van der Waals surface area contributed by atoms with E-state index in [9.17, 15) is 19.7 Å². The van der Waals surface area contributed by atoms with Crippen LogP contribution >= 0.6 is 27.3 Å². The van der Waals surface area contributed by atoms with Crippen LogP contribution in [-0.2, 0) is 16.1 Å². The number of nitro groups is 1. The zero-order valence-corrected chi connectivity index (χ0v) is 26.9. The molecule has 0 radical (unpaired) electrons. The third-order valence-corrected chi connectivity index (χ3v) is 8.39. The van der Waals surface area contributed by atoms with Crippen molar-refractivity contribution in [3.63, 3.8) is 0 Å². The molecule has 1 aliphatic rings. The molecule has 0 bridgehead atoms. The number of benzene rings is 3. The van der Waals surface area contributed by atoms with Crippen molar-refractivity contribution in [2.45, 2.75) is 26.5 Å². The van der Waals surface area contributed by atoms with E-state index in [-0.39, 0.29) is 23.4 Å². The fraction of sp³-hybridized carbons (Fsp3) is 0.219. The van der Waals surface area contributed by atoms with Crippen LogP contribution in [0.3, 0.4) is 0 Å². The lowest BCUT2D eigenvalue weighted by molar-refractivity contribution is -0.384. The Morgan fingerprint density at radius 1 is 1.04 bits per heavy atom. The number of nitrogens with zero attached hydrogens (tertiary/aromatic N) is 3. The summed E-state index contributed by atoms with van der Waals surface area (Å²) >= 11 is 4.72. The first-order valence-corrected chi connectivity index (χ1v) is 15.5. The van der Waals surface area contributed by atoms with Gasteiger partial charge in [-0.1, -0.05) is 35.6 Å². The van der Waals surface area contributed by atoms with Crippen molar-refractivity contribution in [2.75, 3.05) is 20.3 Å². The number of nitro benzene ring substituents is 1. The molecular weight excluding hydrogens is 666 g/mol. The smallest absolute Gasteiger partial charge is 0.337 e. The third-order valence-electron chi connectivity index (χ3n) is 6.78. The number of ether oxygens (including phenoxy) is 4. The fourth-order valence-electron chi connectivity index (χ4n) is 4.78. The highest BCUT2D eigenvalue weighted by molar-refractivity contribution is 9.10. The minimum Gasteiger partial charge on any atom is -0.490 e. The number of methoxy groups -OCH3 is 1. The van der Waals surface area contributed by atoms with Gasteiger partial charge in [0.05, 0.1) is 45.9 Å². The Balaban J connectivity index is 1.49. The topological polar surface area (TPSA) is 131 Å². The molecule has 5 rings (SSSR count). The van der Waals surface area contributed by atoms with E-state index in [1.807, 2.05) is 13.8 Å². The van der Waals surface area contributed by atoms with Gasteiger partial charge in [-0.25, -0.2) is 9.79 Å². The van der Waals surface area contributed by atoms with E-state index < -0.39 is 16.9 Å².